The van der Waals surface area contributed by atoms with Crippen LogP contribution in [-0.4, -0.2) is 83.1 Å². The number of benzene rings is 2. The van der Waals surface area contributed by atoms with Crippen molar-refractivity contribution in [2.45, 2.75) is 56.0 Å². The van der Waals surface area contributed by atoms with Crippen molar-refractivity contribution in [1.82, 2.24) is 19.8 Å². The second kappa shape index (κ2) is 10.3. The van der Waals surface area contributed by atoms with Gasteiger partial charge in [0.25, 0.3) is 0 Å². The van der Waals surface area contributed by atoms with E-state index in [9.17, 15) is 4.79 Å². The Morgan fingerprint density at radius 2 is 2.00 bits per heavy atom. The molecule has 1 amide bonds. The molecule has 2 unspecified atom stereocenters. The fourth-order valence-corrected chi connectivity index (χ4v) is 8.53. The van der Waals surface area contributed by atoms with Crippen LogP contribution in [0, 0.1) is 12.5 Å². The van der Waals surface area contributed by atoms with Crippen LogP contribution in [0.25, 0.3) is 26.9 Å². The average Bonchev–Trinajstić information content (AvgIpc) is 3.32. The molecule has 3 atom stereocenters. The van der Waals surface area contributed by atoms with Gasteiger partial charge in [-0.15, -0.1) is 0 Å². The highest BCUT2D eigenvalue weighted by Gasteiger charge is 2.46. The summed E-state index contributed by atoms with van der Waals surface area (Å²) in [5.74, 6) is 2.22. The number of carbonyl (C=O) groups is 1. The first-order chi connectivity index (χ1) is 21.1. The van der Waals surface area contributed by atoms with Gasteiger partial charge in [-0.2, -0.15) is 9.97 Å². The summed E-state index contributed by atoms with van der Waals surface area (Å²) in [4.78, 5) is 32.9. The summed E-state index contributed by atoms with van der Waals surface area (Å²) < 4.78 is 6.51. The van der Waals surface area contributed by atoms with Gasteiger partial charge >= 0.3 is 6.01 Å². The lowest BCUT2D eigenvalue weighted by Crippen LogP contribution is -2.56. The van der Waals surface area contributed by atoms with E-state index in [4.69, 9.17) is 21.3 Å². The summed E-state index contributed by atoms with van der Waals surface area (Å²) in [6, 6.07) is 13.5. The monoisotopic (exact) mass is 574 g/mol. The fraction of sp³-hybridized carbons (Fsp3) is 0.486. The summed E-state index contributed by atoms with van der Waals surface area (Å²) in [5.41, 5.74) is 6.52. The van der Waals surface area contributed by atoms with Crippen LogP contribution in [0.2, 0.25) is 0 Å². The Morgan fingerprint density at radius 3 is 2.81 bits per heavy atom. The number of aromatic nitrogens is 2. The van der Waals surface area contributed by atoms with Crippen LogP contribution < -0.4 is 9.64 Å². The SMILES string of the molecule is [C-]#[N+]C[C@H]1CN(c2nc(OCC34CCCN3CCC4)nc3cc(-c4cccc5c4C4CC4C5)ccc23)CCN1C(=O)C=C. The molecule has 3 saturated heterocycles. The zero-order valence-corrected chi connectivity index (χ0v) is 24.7. The highest BCUT2D eigenvalue weighted by Crippen LogP contribution is 2.58. The van der Waals surface area contributed by atoms with E-state index >= 15 is 0 Å². The van der Waals surface area contributed by atoms with Gasteiger partial charge in [-0.25, -0.2) is 6.57 Å². The summed E-state index contributed by atoms with van der Waals surface area (Å²) >= 11 is 0. The van der Waals surface area contributed by atoms with Crippen LogP contribution >= 0.6 is 0 Å². The van der Waals surface area contributed by atoms with E-state index in [1.54, 1.807) is 4.90 Å². The molecule has 8 rings (SSSR count). The van der Waals surface area contributed by atoms with Gasteiger partial charge < -0.3 is 19.4 Å². The van der Waals surface area contributed by atoms with Crippen molar-refractivity contribution >= 4 is 22.6 Å². The van der Waals surface area contributed by atoms with E-state index in [2.05, 4.69) is 57.6 Å². The number of hydrogen-bond donors (Lipinski definition) is 0. The molecule has 8 heteroatoms. The van der Waals surface area contributed by atoms with Crippen molar-refractivity contribution in [3.05, 3.63) is 71.6 Å². The van der Waals surface area contributed by atoms with Gasteiger partial charge in [0, 0.05) is 25.0 Å². The van der Waals surface area contributed by atoms with Crippen LogP contribution in [0.1, 0.15) is 49.1 Å². The summed E-state index contributed by atoms with van der Waals surface area (Å²) in [6.45, 7) is 16.0. The maximum Gasteiger partial charge on any atom is 0.319 e. The molecule has 5 aliphatic rings. The van der Waals surface area contributed by atoms with Gasteiger partial charge in [0.05, 0.1) is 11.1 Å². The van der Waals surface area contributed by atoms with Crippen LogP contribution in [0.3, 0.4) is 0 Å². The van der Waals surface area contributed by atoms with Crippen molar-refractivity contribution in [2.75, 3.05) is 50.8 Å². The molecule has 1 aromatic heterocycles. The summed E-state index contributed by atoms with van der Waals surface area (Å²) in [5, 5.41) is 0.972. The third-order valence-electron chi connectivity index (χ3n) is 10.8. The Labute approximate surface area is 253 Å². The minimum absolute atomic E-state index is 0.100. The number of amides is 1. The smallest absolute Gasteiger partial charge is 0.319 e. The number of rotatable bonds is 7. The molecule has 0 bridgehead atoms. The van der Waals surface area contributed by atoms with Crippen molar-refractivity contribution in [3.8, 4) is 17.1 Å². The fourth-order valence-electron chi connectivity index (χ4n) is 8.53. The van der Waals surface area contributed by atoms with Gasteiger partial charge in [-0.05, 0) is 104 Å². The molecule has 4 heterocycles. The molecule has 220 valence electrons. The molecule has 4 fully saturated rings. The third kappa shape index (κ3) is 4.48. The molecule has 0 spiro atoms. The van der Waals surface area contributed by atoms with Crippen molar-refractivity contribution in [2.24, 2.45) is 5.92 Å². The van der Waals surface area contributed by atoms with Crippen LogP contribution in [0.4, 0.5) is 5.82 Å². The first-order valence-electron chi connectivity index (χ1n) is 15.9. The van der Waals surface area contributed by atoms with E-state index in [-0.39, 0.29) is 24.0 Å². The largest absolute Gasteiger partial charge is 0.461 e. The lowest BCUT2D eigenvalue weighted by atomic mass is 9.94. The standard InChI is InChI=1S/C35H38N6O2/c1-3-31(42)41-16-15-39(21-26(41)20-36-2)33-28-10-9-23(27-8-4-7-24-17-25-18-29(25)32(24)27)19-30(28)37-34(38-33)43-22-35-11-5-13-40(35)14-6-12-35/h3-4,7-10,19,25-26,29H,1,5-6,11-18,20-22H2/t25?,26-,29?/m0/s1. The number of nitrogens with zero attached hydrogens (tertiary/aromatic N) is 6. The topological polar surface area (TPSA) is 66.2 Å². The minimum Gasteiger partial charge on any atom is -0.461 e. The Kier molecular flexibility index (Phi) is 6.41. The third-order valence-corrected chi connectivity index (χ3v) is 10.8. The van der Waals surface area contributed by atoms with Gasteiger partial charge in [0.15, 0.2) is 0 Å². The minimum atomic E-state index is -0.228. The number of carbonyl (C=O) groups excluding carboxylic acids is 1. The predicted molar refractivity (Wildman–Crippen MR) is 167 cm³/mol. The lowest BCUT2D eigenvalue weighted by molar-refractivity contribution is -0.128. The van der Waals surface area contributed by atoms with Crippen LogP contribution in [0.15, 0.2) is 49.1 Å². The molecule has 2 aliphatic carbocycles. The molecular formula is C35H38N6O2. The van der Waals surface area contributed by atoms with Gasteiger partial charge in [0.2, 0.25) is 12.5 Å². The second-order valence-corrected chi connectivity index (χ2v) is 13.1. The second-order valence-electron chi connectivity index (χ2n) is 13.1. The first-order valence-corrected chi connectivity index (χ1v) is 15.9. The number of anilines is 1. The molecule has 3 aliphatic heterocycles. The molecular weight excluding hydrogens is 536 g/mol. The zero-order chi connectivity index (χ0) is 29.1. The highest BCUT2D eigenvalue weighted by atomic mass is 16.5. The Morgan fingerprint density at radius 1 is 1.14 bits per heavy atom. The molecule has 2 aromatic carbocycles. The number of fused-ring (bicyclic) bond motifs is 5. The average molecular weight is 575 g/mol. The summed E-state index contributed by atoms with van der Waals surface area (Å²) in [7, 11) is 0. The van der Waals surface area contributed by atoms with E-state index in [1.807, 2.05) is 0 Å². The van der Waals surface area contributed by atoms with E-state index < -0.39 is 0 Å². The molecule has 0 N–H and O–H groups in total. The molecule has 43 heavy (non-hydrogen) atoms. The highest BCUT2D eigenvalue weighted by molar-refractivity contribution is 5.94. The maximum atomic E-state index is 12.6. The number of hydrogen-bond acceptors (Lipinski definition) is 6. The van der Waals surface area contributed by atoms with E-state index in [0.717, 1.165) is 48.6 Å². The molecule has 1 saturated carbocycles. The van der Waals surface area contributed by atoms with Gasteiger partial charge in [-0.3, -0.25) is 9.69 Å². The predicted octanol–water partition coefficient (Wildman–Crippen LogP) is 5.09. The lowest BCUT2D eigenvalue weighted by Gasteiger charge is -2.39. The van der Waals surface area contributed by atoms with Gasteiger partial charge in [0.1, 0.15) is 18.5 Å². The van der Waals surface area contributed by atoms with Crippen molar-refractivity contribution < 1.29 is 9.53 Å². The normalized spacial score (nSPS) is 25.2. The molecule has 3 aromatic rings. The zero-order valence-electron chi connectivity index (χ0n) is 24.7. The van der Waals surface area contributed by atoms with Crippen LogP contribution in [-0.2, 0) is 11.2 Å². The quantitative estimate of drug-likeness (QED) is 0.290. The Hall–Kier alpha value is -3.96. The Balaban J connectivity index is 1.18. The van der Waals surface area contributed by atoms with Gasteiger partial charge in [-0.1, -0.05) is 30.8 Å². The first kappa shape index (κ1) is 26.7. The van der Waals surface area contributed by atoms with Crippen molar-refractivity contribution in [1.29, 1.82) is 0 Å². The van der Waals surface area contributed by atoms with E-state index in [1.165, 1.54) is 54.0 Å². The molecule has 0 radical (unpaired) electrons. The molecule has 8 nitrogen and oxygen atoms in total. The van der Waals surface area contributed by atoms with Crippen molar-refractivity contribution in [3.63, 3.8) is 0 Å². The van der Waals surface area contributed by atoms with E-state index in [0.29, 0.717) is 38.2 Å². The Bertz CT molecular complexity index is 1650. The van der Waals surface area contributed by atoms with Crippen LogP contribution in [0.5, 0.6) is 6.01 Å². The number of piperazine rings is 1. The summed E-state index contributed by atoms with van der Waals surface area (Å²) in [6.07, 6.45) is 8.63. The number of ether oxygens (including phenoxy) is 1. The maximum absolute atomic E-state index is 12.6.